The van der Waals surface area contributed by atoms with Crippen LogP contribution in [0, 0.1) is 0 Å². The number of carbonyl (C=O) groups is 3. The van der Waals surface area contributed by atoms with Crippen molar-refractivity contribution in [2.45, 2.75) is 58.5 Å². The summed E-state index contributed by atoms with van der Waals surface area (Å²) in [6, 6.07) is 7.05. The number of carbonyl (C=O) groups excluding carboxylic acids is 3. The van der Waals surface area contributed by atoms with Gasteiger partial charge in [-0.3, -0.25) is 14.5 Å². The molecule has 0 unspecified atom stereocenters. The average Bonchev–Trinajstić information content (AvgIpc) is 2.70. The van der Waals surface area contributed by atoms with E-state index in [1.54, 1.807) is 6.92 Å². The normalized spacial score (nSPS) is 20.8. The number of hydrogen-bond acceptors (Lipinski definition) is 3. The quantitative estimate of drug-likeness (QED) is 0.822. The molecule has 25 heavy (non-hydrogen) atoms. The summed E-state index contributed by atoms with van der Waals surface area (Å²) < 4.78 is 0. The Kier molecular flexibility index (Phi) is 4.93. The van der Waals surface area contributed by atoms with Crippen molar-refractivity contribution in [3.8, 4) is 0 Å². The number of rotatable bonds is 4. The smallest absolute Gasteiger partial charge is 0.325 e. The van der Waals surface area contributed by atoms with Crippen molar-refractivity contribution < 1.29 is 14.4 Å². The maximum Gasteiger partial charge on any atom is 0.325 e. The average molecular weight is 345 g/mol. The molecule has 1 aliphatic rings. The molecule has 1 aromatic carbocycles. The van der Waals surface area contributed by atoms with Crippen molar-refractivity contribution in [1.29, 1.82) is 0 Å². The summed E-state index contributed by atoms with van der Waals surface area (Å²) in [4.78, 5) is 37.9. The molecule has 6 heteroatoms. The zero-order valence-electron chi connectivity index (χ0n) is 15.8. The third kappa shape index (κ3) is 3.83. The van der Waals surface area contributed by atoms with Crippen LogP contribution in [0.1, 0.15) is 52.7 Å². The first-order chi connectivity index (χ1) is 11.4. The standard InChI is InChI=1S/C19H27N3O3/c1-12(2)20-15(23)11-22-16(24)19(6,21-17(22)25)14-9-7-13(8-10-14)18(3,4)5/h7-10,12H,11H2,1-6H3,(H,20,23)(H,21,25)/t19-/m1/s1. The highest BCUT2D eigenvalue weighted by Gasteiger charge is 2.49. The second kappa shape index (κ2) is 6.50. The minimum Gasteiger partial charge on any atom is -0.352 e. The molecule has 0 saturated carbocycles. The fraction of sp³-hybridized carbons (Fsp3) is 0.526. The zero-order valence-corrected chi connectivity index (χ0v) is 15.8. The zero-order chi connectivity index (χ0) is 19.0. The Hall–Kier alpha value is -2.37. The maximum atomic E-state index is 12.8. The predicted molar refractivity (Wildman–Crippen MR) is 96.0 cm³/mol. The van der Waals surface area contributed by atoms with Gasteiger partial charge in [-0.25, -0.2) is 4.79 Å². The van der Waals surface area contributed by atoms with Gasteiger partial charge >= 0.3 is 6.03 Å². The molecule has 0 radical (unpaired) electrons. The third-order valence-electron chi connectivity index (χ3n) is 4.35. The molecule has 0 spiro atoms. The lowest BCUT2D eigenvalue weighted by atomic mass is 9.84. The Morgan fingerprint density at radius 1 is 1.20 bits per heavy atom. The fourth-order valence-corrected chi connectivity index (χ4v) is 2.85. The van der Waals surface area contributed by atoms with Crippen LogP contribution in [-0.4, -0.2) is 35.3 Å². The van der Waals surface area contributed by atoms with E-state index >= 15 is 0 Å². The van der Waals surface area contributed by atoms with E-state index in [2.05, 4.69) is 31.4 Å². The van der Waals surface area contributed by atoms with Crippen LogP contribution in [0.4, 0.5) is 4.79 Å². The second-order valence-corrected chi connectivity index (χ2v) is 8.00. The van der Waals surface area contributed by atoms with Crippen LogP contribution in [-0.2, 0) is 20.5 Å². The van der Waals surface area contributed by atoms with Crippen LogP contribution in [0.2, 0.25) is 0 Å². The molecule has 136 valence electrons. The van der Waals surface area contributed by atoms with Crippen LogP contribution in [0.15, 0.2) is 24.3 Å². The van der Waals surface area contributed by atoms with E-state index in [0.717, 1.165) is 10.5 Å². The summed E-state index contributed by atoms with van der Waals surface area (Å²) in [6.45, 7) is 11.4. The van der Waals surface area contributed by atoms with Gasteiger partial charge in [0.2, 0.25) is 5.91 Å². The molecule has 0 aliphatic carbocycles. The van der Waals surface area contributed by atoms with Crippen molar-refractivity contribution >= 4 is 17.8 Å². The molecule has 2 rings (SSSR count). The SMILES string of the molecule is CC(C)NC(=O)CN1C(=O)N[C@](C)(c2ccc(C(C)(C)C)cc2)C1=O. The minimum atomic E-state index is -1.16. The first-order valence-electron chi connectivity index (χ1n) is 8.49. The number of urea groups is 1. The van der Waals surface area contributed by atoms with E-state index in [0.29, 0.717) is 5.56 Å². The second-order valence-electron chi connectivity index (χ2n) is 8.00. The maximum absolute atomic E-state index is 12.8. The number of hydrogen-bond donors (Lipinski definition) is 2. The largest absolute Gasteiger partial charge is 0.352 e. The van der Waals surface area contributed by atoms with E-state index in [1.807, 2.05) is 38.1 Å². The number of imide groups is 1. The van der Waals surface area contributed by atoms with E-state index in [-0.39, 0.29) is 23.9 Å². The van der Waals surface area contributed by atoms with Gasteiger partial charge in [0.25, 0.3) is 5.91 Å². The van der Waals surface area contributed by atoms with Gasteiger partial charge < -0.3 is 10.6 Å². The fourth-order valence-electron chi connectivity index (χ4n) is 2.85. The van der Waals surface area contributed by atoms with Gasteiger partial charge in [0.05, 0.1) is 0 Å². The molecular formula is C19H27N3O3. The van der Waals surface area contributed by atoms with Crippen LogP contribution >= 0.6 is 0 Å². The van der Waals surface area contributed by atoms with Crippen LogP contribution in [0.5, 0.6) is 0 Å². The van der Waals surface area contributed by atoms with E-state index < -0.39 is 17.5 Å². The van der Waals surface area contributed by atoms with E-state index in [1.165, 1.54) is 0 Å². The number of benzene rings is 1. The lowest BCUT2D eigenvalue weighted by molar-refractivity contribution is -0.135. The van der Waals surface area contributed by atoms with Gasteiger partial charge in [-0.2, -0.15) is 0 Å². The molecule has 1 aliphatic heterocycles. The highest BCUT2D eigenvalue weighted by atomic mass is 16.2. The van der Waals surface area contributed by atoms with Gasteiger partial charge in [0.15, 0.2) is 0 Å². The minimum absolute atomic E-state index is 0.00331. The number of nitrogens with zero attached hydrogens (tertiary/aromatic N) is 1. The Balaban J connectivity index is 2.23. The molecule has 2 N–H and O–H groups in total. The molecule has 1 fully saturated rings. The Bertz CT molecular complexity index is 689. The third-order valence-corrected chi connectivity index (χ3v) is 4.35. The lowest BCUT2D eigenvalue weighted by Crippen LogP contribution is -2.44. The van der Waals surface area contributed by atoms with Gasteiger partial charge in [-0.1, -0.05) is 45.0 Å². The molecule has 0 bridgehead atoms. The monoisotopic (exact) mass is 345 g/mol. The Labute approximate surface area is 149 Å². The van der Waals surface area contributed by atoms with Crippen molar-refractivity contribution in [1.82, 2.24) is 15.5 Å². The van der Waals surface area contributed by atoms with Crippen molar-refractivity contribution in [3.05, 3.63) is 35.4 Å². The van der Waals surface area contributed by atoms with Crippen molar-refractivity contribution in [3.63, 3.8) is 0 Å². The summed E-state index contributed by atoms with van der Waals surface area (Å²) in [5, 5.41) is 5.41. The van der Waals surface area contributed by atoms with Gasteiger partial charge in [-0.15, -0.1) is 0 Å². The molecule has 1 atom stereocenters. The van der Waals surface area contributed by atoms with Crippen LogP contribution < -0.4 is 10.6 Å². The number of amides is 4. The first-order valence-corrected chi connectivity index (χ1v) is 8.49. The first kappa shape index (κ1) is 19.0. The predicted octanol–water partition coefficient (Wildman–Crippen LogP) is 2.28. The molecular weight excluding hydrogens is 318 g/mol. The lowest BCUT2D eigenvalue weighted by Gasteiger charge is -2.24. The van der Waals surface area contributed by atoms with Crippen molar-refractivity contribution in [2.75, 3.05) is 6.54 Å². The molecule has 4 amide bonds. The van der Waals surface area contributed by atoms with Crippen LogP contribution in [0.25, 0.3) is 0 Å². The van der Waals surface area contributed by atoms with Gasteiger partial charge in [0.1, 0.15) is 12.1 Å². The molecule has 1 saturated heterocycles. The van der Waals surface area contributed by atoms with E-state index in [4.69, 9.17) is 0 Å². The summed E-state index contributed by atoms with van der Waals surface area (Å²) >= 11 is 0. The van der Waals surface area contributed by atoms with E-state index in [9.17, 15) is 14.4 Å². The summed E-state index contributed by atoms with van der Waals surface area (Å²) in [6.07, 6.45) is 0. The highest BCUT2D eigenvalue weighted by molar-refractivity contribution is 6.09. The van der Waals surface area contributed by atoms with Crippen LogP contribution in [0.3, 0.4) is 0 Å². The molecule has 1 aromatic rings. The van der Waals surface area contributed by atoms with Crippen molar-refractivity contribution in [2.24, 2.45) is 0 Å². The Morgan fingerprint density at radius 2 is 1.76 bits per heavy atom. The summed E-state index contributed by atoms with van der Waals surface area (Å²) in [5.74, 6) is -0.772. The topological polar surface area (TPSA) is 78.5 Å². The molecule has 6 nitrogen and oxygen atoms in total. The number of nitrogens with one attached hydrogen (secondary N) is 2. The summed E-state index contributed by atoms with van der Waals surface area (Å²) in [7, 11) is 0. The van der Waals surface area contributed by atoms with Gasteiger partial charge in [0, 0.05) is 6.04 Å². The molecule has 0 aromatic heterocycles. The molecule has 1 heterocycles. The highest BCUT2D eigenvalue weighted by Crippen LogP contribution is 2.31. The van der Waals surface area contributed by atoms with Gasteiger partial charge in [-0.05, 0) is 37.3 Å². The Morgan fingerprint density at radius 3 is 2.24 bits per heavy atom. The summed E-state index contributed by atoms with van der Waals surface area (Å²) in [5.41, 5.74) is 0.685.